The van der Waals surface area contributed by atoms with E-state index >= 15 is 0 Å². The zero-order chi connectivity index (χ0) is 26.3. The maximum Gasteiger partial charge on any atom is 0.238 e. The Morgan fingerprint density at radius 1 is 0.583 bits per heavy atom. The molecule has 0 aliphatic heterocycles. The van der Waals surface area contributed by atoms with Crippen LogP contribution in [0, 0.1) is 0 Å². The van der Waals surface area contributed by atoms with Crippen molar-refractivity contribution in [3.63, 3.8) is 0 Å². The standard InChI is InChI=1S/C14H12Br2O2.C8H7BrO.C6H5BrO/c1-10(17-13-6-2-11(15)3-7-13)18-14-8-4-12(16)5-9-14;1-2-10-8-5-3-7(9)4-6-8;7-5-1-3-6(8)4-2-5/h2-10H,1H3;2-6H,1H2;1-4,8H. The maximum absolute atomic E-state index is 8.74. The van der Waals surface area contributed by atoms with Gasteiger partial charge in [-0.1, -0.05) is 70.3 Å². The molecule has 36 heavy (non-hydrogen) atoms. The number of hydrogen-bond donors (Lipinski definition) is 1. The van der Waals surface area contributed by atoms with E-state index in [2.05, 4.69) is 70.3 Å². The lowest BCUT2D eigenvalue weighted by Crippen LogP contribution is -2.19. The first-order chi connectivity index (χ1) is 17.2. The van der Waals surface area contributed by atoms with Crippen LogP contribution in [0.4, 0.5) is 0 Å². The first kappa shape index (κ1) is 30.0. The molecular weight excluding hydrogens is 720 g/mol. The van der Waals surface area contributed by atoms with Crippen LogP contribution in [0.15, 0.2) is 128 Å². The van der Waals surface area contributed by atoms with Gasteiger partial charge in [-0.2, -0.15) is 0 Å². The smallest absolute Gasteiger partial charge is 0.238 e. The third-order valence-electron chi connectivity index (χ3n) is 4.09. The van der Waals surface area contributed by atoms with Crippen molar-refractivity contribution in [3.05, 3.63) is 128 Å². The summed E-state index contributed by atoms with van der Waals surface area (Å²) in [6.45, 7) is 5.31. The van der Waals surface area contributed by atoms with Crippen molar-refractivity contribution in [1.82, 2.24) is 0 Å². The van der Waals surface area contributed by atoms with Crippen molar-refractivity contribution >= 4 is 63.7 Å². The van der Waals surface area contributed by atoms with Crippen LogP contribution >= 0.6 is 63.7 Å². The van der Waals surface area contributed by atoms with E-state index in [0.717, 1.165) is 35.1 Å². The van der Waals surface area contributed by atoms with Crippen LogP contribution in [0.5, 0.6) is 23.0 Å². The Hall–Kier alpha value is -2.26. The second kappa shape index (κ2) is 16.5. The summed E-state index contributed by atoms with van der Waals surface area (Å²) in [5.41, 5.74) is 0. The molecule has 0 unspecified atom stereocenters. The summed E-state index contributed by atoms with van der Waals surface area (Å²) in [7, 11) is 0. The number of rotatable bonds is 6. The molecule has 8 heteroatoms. The van der Waals surface area contributed by atoms with Crippen molar-refractivity contribution < 1.29 is 19.3 Å². The van der Waals surface area contributed by atoms with E-state index in [4.69, 9.17) is 19.3 Å². The highest BCUT2D eigenvalue weighted by molar-refractivity contribution is 9.11. The molecule has 0 aliphatic rings. The Morgan fingerprint density at radius 3 is 1.19 bits per heavy atom. The quantitative estimate of drug-likeness (QED) is 0.158. The van der Waals surface area contributed by atoms with Gasteiger partial charge in [-0.05, 0) is 97.1 Å². The molecule has 188 valence electrons. The number of phenols is 1. The van der Waals surface area contributed by atoms with Gasteiger partial charge in [-0.15, -0.1) is 0 Å². The molecule has 0 radical (unpaired) electrons. The zero-order valence-electron chi connectivity index (χ0n) is 19.3. The molecular formula is C28H24Br4O4. The average Bonchev–Trinajstić information content (AvgIpc) is 2.86. The topological polar surface area (TPSA) is 47.9 Å². The van der Waals surface area contributed by atoms with Crippen LogP contribution in [0.25, 0.3) is 0 Å². The summed E-state index contributed by atoms with van der Waals surface area (Å²) in [6, 6.07) is 29.7. The van der Waals surface area contributed by atoms with E-state index in [1.807, 2.05) is 79.7 Å². The van der Waals surface area contributed by atoms with Gasteiger partial charge in [0.15, 0.2) is 0 Å². The van der Waals surface area contributed by atoms with Gasteiger partial charge in [0.2, 0.25) is 6.29 Å². The number of phenolic OH excluding ortho intramolecular Hbond substituents is 1. The first-order valence-corrected chi connectivity index (χ1v) is 13.7. The predicted octanol–water partition coefficient (Wildman–Crippen LogP) is 10.1. The number of ether oxygens (including phenoxy) is 3. The van der Waals surface area contributed by atoms with Gasteiger partial charge in [0.25, 0.3) is 0 Å². The van der Waals surface area contributed by atoms with Crippen LogP contribution in [0.1, 0.15) is 6.92 Å². The molecule has 4 rings (SSSR count). The van der Waals surface area contributed by atoms with E-state index in [1.165, 1.54) is 6.26 Å². The molecule has 0 amide bonds. The molecule has 0 atom stereocenters. The first-order valence-electron chi connectivity index (χ1n) is 10.6. The van der Waals surface area contributed by atoms with Gasteiger partial charge in [-0.25, -0.2) is 0 Å². The summed E-state index contributed by atoms with van der Waals surface area (Å²) in [6.07, 6.45) is 1.07. The van der Waals surface area contributed by atoms with Crippen LogP contribution in [0.2, 0.25) is 0 Å². The van der Waals surface area contributed by atoms with Crippen LogP contribution < -0.4 is 14.2 Å². The van der Waals surface area contributed by atoms with E-state index in [-0.39, 0.29) is 6.29 Å². The largest absolute Gasteiger partial charge is 0.508 e. The molecule has 4 aromatic carbocycles. The molecule has 0 aliphatic carbocycles. The lowest BCUT2D eigenvalue weighted by Gasteiger charge is -2.16. The number of hydrogen-bond acceptors (Lipinski definition) is 4. The van der Waals surface area contributed by atoms with E-state index in [1.54, 1.807) is 24.3 Å². The molecule has 0 fully saturated rings. The second-order valence-corrected chi connectivity index (χ2v) is 10.6. The fourth-order valence-corrected chi connectivity index (χ4v) is 3.54. The zero-order valence-corrected chi connectivity index (χ0v) is 25.6. The lowest BCUT2D eigenvalue weighted by atomic mass is 10.3. The average molecular weight is 744 g/mol. The van der Waals surface area contributed by atoms with Gasteiger partial charge in [0, 0.05) is 24.8 Å². The molecule has 4 nitrogen and oxygen atoms in total. The van der Waals surface area contributed by atoms with Crippen molar-refractivity contribution in [2.75, 3.05) is 0 Å². The summed E-state index contributed by atoms with van der Waals surface area (Å²) >= 11 is 13.3. The summed E-state index contributed by atoms with van der Waals surface area (Å²) in [5, 5.41) is 8.74. The summed E-state index contributed by atoms with van der Waals surface area (Å²) in [4.78, 5) is 0. The lowest BCUT2D eigenvalue weighted by molar-refractivity contribution is 0.0223. The molecule has 0 heterocycles. The molecule has 0 bridgehead atoms. The minimum Gasteiger partial charge on any atom is -0.508 e. The molecule has 0 saturated heterocycles. The highest BCUT2D eigenvalue weighted by Gasteiger charge is 2.05. The van der Waals surface area contributed by atoms with Crippen molar-refractivity contribution in [1.29, 1.82) is 0 Å². The van der Waals surface area contributed by atoms with Gasteiger partial charge < -0.3 is 19.3 Å². The van der Waals surface area contributed by atoms with Crippen LogP contribution in [-0.2, 0) is 0 Å². The molecule has 4 aromatic rings. The third kappa shape index (κ3) is 12.6. The maximum atomic E-state index is 8.74. The normalized spacial score (nSPS) is 9.72. The molecule has 0 spiro atoms. The second-order valence-electron chi connectivity index (χ2n) is 6.93. The fourth-order valence-electron chi connectivity index (χ4n) is 2.48. The third-order valence-corrected chi connectivity index (χ3v) is 6.21. The Labute approximate surface area is 245 Å². The molecule has 1 N–H and O–H groups in total. The van der Waals surface area contributed by atoms with E-state index in [0.29, 0.717) is 5.75 Å². The monoisotopic (exact) mass is 740 g/mol. The highest BCUT2D eigenvalue weighted by Crippen LogP contribution is 2.21. The highest BCUT2D eigenvalue weighted by atomic mass is 79.9. The molecule has 0 saturated carbocycles. The van der Waals surface area contributed by atoms with Gasteiger partial charge in [0.05, 0.1) is 6.26 Å². The van der Waals surface area contributed by atoms with Crippen LogP contribution in [-0.4, -0.2) is 11.4 Å². The van der Waals surface area contributed by atoms with Gasteiger partial charge in [0.1, 0.15) is 23.0 Å². The summed E-state index contributed by atoms with van der Waals surface area (Å²) in [5.74, 6) is 2.66. The Kier molecular flexibility index (Phi) is 13.7. The van der Waals surface area contributed by atoms with Gasteiger partial charge in [-0.3, -0.25) is 0 Å². The SMILES string of the molecule is C=COc1ccc(Br)cc1.CC(Oc1ccc(Br)cc1)Oc1ccc(Br)cc1.Oc1ccc(Br)cc1. The Morgan fingerprint density at radius 2 is 0.889 bits per heavy atom. The predicted molar refractivity (Wildman–Crippen MR) is 160 cm³/mol. The number of benzene rings is 4. The van der Waals surface area contributed by atoms with E-state index < -0.39 is 0 Å². The van der Waals surface area contributed by atoms with Crippen LogP contribution in [0.3, 0.4) is 0 Å². The fraction of sp³-hybridized carbons (Fsp3) is 0.0714. The van der Waals surface area contributed by atoms with Crippen molar-refractivity contribution in [3.8, 4) is 23.0 Å². The van der Waals surface area contributed by atoms with Crippen molar-refractivity contribution in [2.45, 2.75) is 13.2 Å². The molecule has 0 aromatic heterocycles. The Bertz CT molecular complexity index is 1100. The van der Waals surface area contributed by atoms with Crippen molar-refractivity contribution in [2.24, 2.45) is 0 Å². The summed E-state index contributed by atoms with van der Waals surface area (Å²) < 4.78 is 20.4. The number of aromatic hydroxyl groups is 1. The Balaban J connectivity index is 0.000000213. The van der Waals surface area contributed by atoms with E-state index in [9.17, 15) is 0 Å². The minimum atomic E-state index is -0.340. The number of halogens is 4. The van der Waals surface area contributed by atoms with Gasteiger partial charge >= 0.3 is 0 Å². The minimum absolute atomic E-state index is 0.299.